The molecule has 0 atom stereocenters. The van der Waals surface area contributed by atoms with E-state index >= 15 is 0 Å². The fourth-order valence-corrected chi connectivity index (χ4v) is 1.92. The monoisotopic (exact) mass is 283 g/mol. The number of carboxylic acids is 1. The number of aryl methyl sites for hydroxylation is 1. The molecule has 2 heterocycles. The molecule has 0 spiro atoms. The van der Waals surface area contributed by atoms with Crippen LogP contribution >= 0.6 is 15.9 Å². The van der Waals surface area contributed by atoms with Crippen LogP contribution in [0.1, 0.15) is 18.3 Å². The van der Waals surface area contributed by atoms with Crippen LogP contribution in [0, 0.1) is 0 Å². The number of hydrogen-bond acceptors (Lipinski definition) is 3. The Morgan fingerprint density at radius 1 is 1.56 bits per heavy atom. The number of carbonyl (C=O) groups is 1. The fraction of sp³-hybridized carbons (Fsp3) is 0.300. The lowest BCUT2D eigenvalue weighted by molar-refractivity contribution is -0.136. The Bertz CT molecular complexity index is 550. The molecule has 0 radical (unpaired) electrons. The van der Waals surface area contributed by atoms with Crippen molar-refractivity contribution < 1.29 is 9.90 Å². The van der Waals surface area contributed by atoms with Crippen molar-refractivity contribution in [1.82, 2.24) is 14.6 Å². The highest BCUT2D eigenvalue weighted by Gasteiger charge is 2.13. The molecule has 16 heavy (non-hydrogen) atoms. The number of aliphatic carboxylic acids is 1. The van der Waals surface area contributed by atoms with Gasteiger partial charge in [-0.25, -0.2) is 9.50 Å². The topological polar surface area (TPSA) is 67.5 Å². The van der Waals surface area contributed by atoms with Crippen molar-refractivity contribution in [2.45, 2.75) is 19.8 Å². The van der Waals surface area contributed by atoms with Crippen molar-refractivity contribution in [2.75, 3.05) is 0 Å². The molecule has 0 saturated carbocycles. The van der Waals surface area contributed by atoms with Gasteiger partial charge in [0.15, 0.2) is 5.65 Å². The second-order valence-electron chi connectivity index (χ2n) is 3.37. The summed E-state index contributed by atoms with van der Waals surface area (Å²) in [7, 11) is 0. The average Bonchev–Trinajstić information content (AvgIpc) is 2.55. The summed E-state index contributed by atoms with van der Waals surface area (Å²) >= 11 is 3.32. The minimum atomic E-state index is -0.903. The van der Waals surface area contributed by atoms with Crippen molar-refractivity contribution in [1.29, 1.82) is 0 Å². The molecule has 1 N–H and O–H groups in total. The number of carboxylic acid groups (broad SMARTS) is 1. The van der Waals surface area contributed by atoms with Crippen LogP contribution in [0.2, 0.25) is 0 Å². The summed E-state index contributed by atoms with van der Waals surface area (Å²) in [4.78, 5) is 14.8. The van der Waals surface area contributed by atoms with Gasteiger partial charge in [0, 0.05) is 0 Å². The minimum absolute atomic E-state index is 0.106. The van der Waals surface area contributed by atoms with E-state index in [1.54, 1.807) is 4.52 Å². The summed E-state index contributed by atoms with van der Waals surface area (Å²) in [5.41, 5.74) is 2.08. The van der Waals surface area contributed by atoms with Gasteiger partial charge in [0.2, 0.25) is 0 Å². The summed E-state index contributed by atoms with van der Waals surface area (Å²) < 4.78 is 2.23. The van der Waals surface area contributed by atoms with Crippen LogP contribution in [0.15, 0.2) is 16.7 Å². The highest BCUT2D eigenvalue weighted by atomic mass is 79.9. The minimum Gasteiger partial charge on any atom is -0.481 e. The third-order valence-electron chi connectivity index (χ3n) is 2.22. The Morgan fingerprint density at radius 3 is 2.94 bits per heavy atom. The van der Waals surface area contributed by atoms with Gasteiger partial charge in [-0.2, -0.15) is 5.10 Å². The fourth-order valence-electron chi connectivity index (χ4n) is 1.43. The van der Waals surface area contributed by atoms with E-state index in [2.05, 4.69) is 26.0 Å². The molecule has 0 fully saturated rings. The molecule has 0 amide bonds. The van der Waals surface area contributed by atoms with Gasteiger partial charge in [-0.15, -0.1) is 0 Å². The summed E-state index contributed by atoms with van der Waals surface area (Å²) in [6, 6.07) is 3.72. The van der Waals surface area contributed by atoms with E-state index in [9.17, 15) is 4.79 Å². The van der Waals surface area contributed by atoms with Crippen LogP contribution in [-0.4, -0.2) is 25.7 Å². The molecule has 0 aliphatic carbocycles. The van der Waals surface area contributed by atoms with E-state index in [0.717, 1.165) is 12.1 Å². The van der Waals surface area contributed by atoms with Gasteiger partial charge in [-0.1, -0.05) is 6.92 Å². The van der Waals surface area contributed by atoms with Crippen molar-refractivity contribution >= 4 is 27.5 Å². The average molecular weight is 284 g/mol. The highest BCUT2D eigenvalue weighted by Crippen LogP contribution is 2.18. The maximum atomic E-state index is 10.6. The second kappa shape index (κ2) is 4.21. The van der Waals surface area contributed by atoms with Crippen LogP contribution < -0.4 is 0 Å². The molecule has 0 aliphatic rings. The Morgan fingerprint density at radius 2 is 2.31 bits per heavy atom. The number of rotatable bonds is 3. The van der Waals surface area contributed by atoms with Crippen LogP contribution in [0.4, 0.5) is 0 Å². The van der Waals surface area contributed by atoms with E-state index < -0.39 is 5.97 Å². The molecule has 84 valence electrons. The summed E-state index contributed by atoms with van der Waals surface area (Å²) in [5, 5.41) is 13.1. The van der Waals surface area contributed by atoms with Gasteiger partial charge in [0.25, 0.3) is 0 Å². The SMILES string of the molecule is CCc1ccc2nc(CC(=O)O)c(Br)n2n1. The number of halogens is 1. The van der Waals surface area contributed by atoms with Gasteiger partial charge in [-0.3, -0.25) is 4.79 Å². The lowest BCUT2D eigenvalue weighted by Crippen LogP contribution is -2.01. The van der Waals surface area contributed by atoms with Gasteiger partial charge in [0.1, 0.15) is 4.60 Å². The van der Waals surface area contributed by atoms with E-state index in [1.807, 2.05) is 19.1 Å². The smallest absolute Gasteiger partial charge is 0.309 e. The predicted octanol–water partition coefficient (Wildman–Crippen LogP) is 1.68. The van der Waals surface area contributed by atoms with Crippen molar-refractivity contribution in [3.05, 3.63) is 28.1 Å². The van der Waals surface area contributed by atoms with Crippen molar-refractivity contribution in [3.8, 4) is 0 Å². The van der Waals surface area contributed by atoms with E-state index in [0.29, 0.717) is 15.9 Å². The first kappa shape index (κ1) is 11.1. The summed E-state index contributed by atoms with van der Waals surface area (Å²) in [5.74, 6) is -0.903. The highest BCUT2D eigenvalue weighted by molar-refractivity contribution is 9.10. The molecule has 2 aromatic rings. The molecule has 0 saturated heterocycles. The van der Waals surface area contributed by atoms with Crippen molar-refractivity contribution in [3.63, 3.8) is 0 Å². The van der Waals surface area contributed by atoms with E-state index in [-0.39, 0.29) is 6.42 Å². The first-order valence-corrected chi connectivity index (χ1v) is 5.66. The van der Waals surface area contributed by atoms with Crippen molar-refractivity contribution in [2.24, 2.45) is 0 Å². The first-order chi connectivity index (χ1) is 7.61. The van der Waals surface area contributed by atoms with Crippen LogP contribution in [0.5, 0.6) is 0 Å². The van der Waals surface area contributed by atoms with Gasteiger partial charge in [0.05, 0.1) is 17.8 Å². The summed E-state index contributed by atoms with van der Waals surface area (Å²) in [6.45, 7) is 2.01. The molecule has 5 nitrogen and oxygen atoms in total. The molecule has 6 heteroatoms. The Hall–Kier alpha value is -1.43. The molecular weight excluding hydrogens is 274 g/mol. The predicted molar refractivity (Wildman–Crippen MR) is 61.4 cm³/mol. The molecule has 0 unspecified atom stereocenters. The Balaban J connectivity index is 2.54. The molecule has 0 bridgehead atoms. The lowest BCUT2D eigenvalue weighted by Gasteiger charge is -1.97. The third-order valence-corrected chi connectivity index (χ3v) is 3.02. The third kappa shape index (κ3) is 1.92. The first-order valence-electron chi connectivity index (χ1n) is 4.86. The molecule has 2 rings (SSSR count). The van der Waals surface area contributed by atoms with Gasteiger partial charge in [-0.05, 0) is 34.5 Å². The molecule has 2 aromatic heterocycles. The van der Waals surface area contributed by atoms with Crippen LogP contribution in [-0.2, 0) is 17.6 Å². The molecule has 0 aliphatic heterocycles. The maximum absolute atomic E-state index is 10.6. The number of aromatic nitrogens is 3. The molecular formula is C10H10BrN3O2. The number of fused-ring (bicyclic) bond motifs is 1. The van der Waals surface area contributed by atoms with E-state index in [4.69, 9.17) is 5.11 Å². The normalized spacial score (nSPS) is 10.9. The van der Waals surface area contributed by atoms with Gasteiger partial charge >= 0.3 is 5.97 Å². The number of nitrogens with zero attached hydrogens (tertiary/aromatic N) is 3. The van der Waals surface area contributed by atoms with E-state index in [1.165, 1.54) is 0 Å². The zero-order chi connectivity index (χ0) is 11.7. The lowest BCUT2D eigenvalue weighted by atomic mass is 10.3. The second-order valence-corrected chi connectivity index (χ2v) is 4.12. The van der Waals surface area contributed by atoms with Crippen LogP contribution in [0.3, 0.4) is 0 Å². The van der Waals surface area contributed by atoms with Crippen LogP contribution in [0.25, 0.3) is 5.65 Å². The largest absolute Gasteiger partial charge is 0.481 e. The number of hydrogen-bond donors (Lipinski definition) is 1. The Kier molecular flexibility index (Phi) is 2.91. The zero-order valence-corrected chi connectivity index (χ0v) is 10.2. The quantitative estimate of drug-likeness (QED) is 0.931. The van der Waals surface area contributed by atoms with Gasteiger partial charge < -0.3 is 5.11 Å². The Labute approximate surface area is 100 Å². The molecule has 0 aromatic carbocycles. The standard InChI is InChI=1S/C10H10BrN3O2/c1-2-6-3-4-8-12-7(5-9(15)16)10(11)14(8)13-6/h3-4H,2,5H2,1H3,(H,15,16). The number of imidazole rings is 1. The maximum Gasteiger partial charge on any atom is 0.309 e. The summed E-state index contributed by atoms with van der Waals surface area (Å²) in [6.07, 6.45) is 0.722. The zero-order valence-electron chi connectivity index (χ0n) is 8.64.